The van der Waals surface area contributed by atoms with E-state index in [2.05, 4.69) is 16.8 Å². The van der Waals surface area contributed by atoms with E-state index in [4.69, 9.17) is 5.26 Å². The summed E-state index contributed by atoms with van der Waals surface area (Å²) in [6.45, 7) is 1.41. The third kappa shape index (κ3) is 3.13. The number of nitrogens with one attached hydrogen (secondary N) is 1. The van der Waals surface area contributed by atoms with Crippen LogP contribution in [0.25, 0.3) is 0 Å². The largest absolute Gasteiger partial charge is 0.309 e. The van der Waals surface area contributed by atoms with Crippen molar-refractivity contribution in [3.63, 3.8) is 0 Å². The van der Waals surface area contributed by atoms with Crippen LogP contribution in [0, 0.1) is 17.1 Å². The van der Waals surface area contributed by atoms with Crippen molar-refractivity contribution in [3.05, 3.63) is 57.5 Å². The molecule has 0 bridgehead atoms. The van der Waals surface area contributed by atoms with Gasteiger partial charge in [0.1, 0.15) is 11.9 Å². The molecule has 1 heterocycles. The van der Waals surface area contributed by atoms with Crippen LogP contribution in [0.2, 0.25) is 0 Å². The minimum atomic E-state index is -0.464. The number of halogens is 1. The van der Waals surface area contributed by atoms with Gasteiger partial charge < -0.3 is 5.32 Å². The molecule has 0 aliphatic carbocycles. The smallest absolute Gasteiger partial charge is 0.140 e. The van der Waals surface area contributed by atoms with Crippen LogP contribution in [0.15, 0.2) is 35.0 Å². The number of thiophene rings is 1. The number of nitriles is 1. The summed E-state index contributed by atoms with van der Waals surface area (Å²) < 4.78 is 13.1. The van der Waals surface area contributed by atoms with Crippen molar-refractivity contribution in [2.24, 2.45) is 0 Å². The van der Waals surface area contributed by atoms with Crippen molar-refractivity contribution >= 4 is 11.3 Å². The zero-order valence-corrected chi connectivity index (χ0v) is 9.93. The zero-order chi connectivity index (χ0) is 12.1. The Hall–Kier alpha value is -1.70. The van der Waals surface area contributed by atoms with Gasteiger partial charge in [0.25, 0.3) is 0 Å². The molecular weight excluding hydrogens is 235 g/mol. The van der Waals surface area contributed by atoms with E-state index in [1.165, 1.54) is 11.6 Å². The molecule has 1 N–H and O–H groups in total. The first-order valence-corrected chi connectivity index (χ1v) is 6.14. The molecule has 1 aromatic carbocycles. The third-order valence-corrected chi connectivity index (χ3v) is 3.12. The molecule has 2 nitrogen and oxygen atoms in total. The lowest BCUT2D eigenvalue weighted by molar-refractivity contribution is 0.621. The average Bonchev–Trinajstić information content (AvgIpc) is 2.84. The first-order valence-electron chi connectivity index (χ1n) is 5.20. The minimum Gasteiger partial charge on any atom is -0.309 e. The fraction of sp³-hybridized carbons (Fsp3) is 0.154. The summed E-state index contributed by atoms with van der Waals surface area (Å²) in [5.41, 5.74) is 2.25. The lowest BCUT2D eigenvalue weighted by atomic mass is 10.1. The molecule has 86 valence electrons. The fourth-order valence-corrected chi connectivity index (χ4v) is 2.18. The predicted octanol–water partition coefficient (Wildman–Crippen LogP) is 3.05. The highest BCUT2D eigenvalue weighted by Crippen LogP contribution is 2.10. The second-order valence-corrected chi connectivity index (χ2v) is 4.44. The van der Waals surface area contributed by atoms with E-state index in [1.54, 1.807) is 23.5 Å². The maximum atomic E-state index is 13.1. The van der Waals surface area contributed by atoms with Crippen molar-refractivity contribution in [1.29, 1.82) is 5.26 Å². The van der Waals surface area contributed by atoms with E-state index in [9.17, 15) is 4.39 Å². The molecule has 0 fully saturated rings. The first-order chi connectivity index (χ1) is 8.29. The van der Waals surface area contributed by atoms with Gasteiger partial charge in [0, 0.05) is 13.1 Å². The third-order valence-electron chi connectivity index (χ3n) is 2.39. The highest BCUT2D eigenvalue weighted by molar-refractivity contribution is 7.07. The van der Waals surface area contributed by atoms with E-state index < -0.39 is 5.82 Å². The van der Waals surface area contributed by atoms with Crippen LogP contribution in [0.4, 0.5) is 4.39 Å². The van der Waals surface area contributed by atoms with Gasteiger partial charge in [-0.3, -0.25) is 0 Å². The van der Waals surface area contributed by atoms with Crippen molar-refractivity contribution in [2.45, 2.75) is 13.1 Å². The Balaban J connectivity index is 1.93. The second-order valence-electron chi connectivity index (χ2n) is 3.66. The van der Waals surface area contributed by atoms with Gasteiger partial charge in [-0.1, -0.05) is 6.07 Å². The second kappa shape index (κ2) is 5.58. The molecule has 1 aromatic heterocycles. The summed E-state index contributed by atoms with van der Waals surface area (Å²) in [4.78, 5) is 0. The summed E-state index contributed by atoms with van der Waals surface area (Å²) in [5.74, 6) is -0.464. The topological polar surface area (TPSA) is 35.8 Å². The number of hydrogen-bond donors (Lipinski definition) is 1. The van der Waals surface area contributed by atoms with Gasteiger partial charge in [-0.2, -0.15) is 16.6 Å². The standard InChI is InChI=1S/C13H11FN2S/c14-13-2-1-10(5-12(13)6-15)7-16-8-11-3-4-17-9-11/h1-5,9,16H,7-8H2. The van der Waals surface area contributed by atoms with Gasteiger partial charge in [-0.05, 0) is 40.1 Å². The molecule has 2 rings (SSSR count). The molecule has 17 heavy (non-hydrogen) atoms. The SMILES string of the molecule is N#Cc1cc(CNCc2ccsc2)ccc1F. The summed E-state index contributed by atoms with van der Waals surface area (Å²) in [7, 11) is 0. The molecule has 0 saturated heterocycles. The molecule has 0 atom stereocenters. The van der Waals surface area contributed by atoms with Crippen LogP contribution >= 0.6 is 11.3 Å². The van der Waals surface area contributed by atoms with Crippen LogP contribution in [0.1, 0.15) is 16.7 Å². The minimum absolute atomic E-state index is 0.0971. The first kappa shape index (κ1) is 11.8. The molecule has 0 spiro atoms. The summed E-state index contributed by atoms with van der Waals surface area (Å²) in [6, 6.07) is 8.50. The van der Waals surface area contributed by atoms with Crippen LogP contribution < -0.4 is 5.32 Å². The average molecular weight is 246 g/mol. The number of benzene rings is 1. The monoisotopic (exact) mass is 246 g/mol. The van der Waals surface area contributed by atoms with Gasteiger partial charge in [0.05, 0.1) is 5.56 Å². The predicted molar refractivity (Wildman–Crippen MR) is 66.0 cm³/mol. The molecule has 0 radical (unpaired) electrons. The molecule has 4 heteroatoms. The molecule has 0 aliphatic heterocycles. The molecule has 0 unspecified atom stereocenters. The van der Waals surface area contributed by atoms with Crippen molar-refractivity contribution in [1.82, 2.24) is 5.32 Å². The van der Waals surface area contributed by atoms with Crippen molar-refractivity contribution in [2.75, 3.05) is 0 Å². The molecular formula is C13H11FN2S. The fourth-order valence-electron chi connectivity index (χ4n) is 1.51. The van der Waals surface area contributed by atoms with Gasteiger partial charge >= 0.3 is 0 Å². The molecule has 0 amide bonds. The lowest BCUT2D eigenvalue weighted by Crippen LogP contribution is -2.12. The quantitative estimate of drug-likeness (QED) is 0.900. The number of rotatable bonds is 4. The van der Waals surface area contributed by atoms with Gasteiger partial charge in [-0.15, -0.1) is 0 Å². The molecule has 0 aliphatic rings. The normalized spacial score (nSPS) is 10.1. The van der Waals surface area contributed by atoms with Crippen LogP contribution in [0.3, 0.4) is 0 Å². The Bertz CT molecular complexity index is 529. The summed E-state index contributed by atoms with van der Waals surface area (Å²) >= 11 is 1.66. The van der Waals surface area contributed by atoms with E-state index in [0.29, 0.717) is 6.54 Å². The van der Waals surface area contributed by atoms with Crippen LogP contribution in [-0.4, -0.2) is 0 Å². The Morgan fingerprint density at radius 2 is 2.06 bits per heavy atom. The van der Waals surface area contributed by atoms with Gasteiger partial charge in [0.15, 0.2) is 0 Å². The van der Waals surface area contributed by atoms with Crippen LogP contribution in [-0.2, 0) is 13.1 Å². The maximum Gasteiger partial charge on any atom is 0.140 e. The van der Waals surface area contributed by atoms with Crippen molar-refractivity contribution < 1.29 is 4.39 Å². The lowest BCUT2D eigenvalue weighted by Gasteiger charge is -2.04. The maximum absolute atomic E-state index is 13.1. The zero-order valence-electron chi connectivity index (χ0n) is 9.11. The van der Waals surface area contributed by atoms with E-state index >= 15 is 0 Å². The summed E-state index contributed by atoms with van der Waals surface area (Å²) in [5, 5.41) is 16.1. The Morgan fingerprint density at radius 1 is 1.24 bits per heavy atom. The Labute approximate surface area is 103 Å². The van der Waals surface area contributed by atoms with E-state index in [1.807, 2.05) is 11.4 Å². The van der Waals surface area contributed by atoms with Gasteiger partial charge in [-0.25, -0.2) is 4.39 Å². The van der Waals surface area contributed by atoms with Gasteiger partial charge in [0.2, 0.25) is 0 Å². The Kier molecular flexibility index (Phi) is 3.86. The highest BCUT2D eigenvalue weighted by atomic mass is 32.1. The van der Waals surface area contributed by atoms with E-state index in [-0.39, 0.29) is 5.56 Å². The molecule has 0 saturated carbocycles. The number of nitrogens with zero attached hydrogens (tertiary/aromatic N) is 1. The van der Waals surface area contributed by atoms with E-state index in [0.717, 1.165) is 12.1 Å². The van der Waals surface area contributed by atoms with Crippen LogP contribution in [0.5, 0.6) is 0 Å². The number of hydrogen-bond acceptors (Lipinski definition) is 3. The molecule has 2 aromatic rings. The van der Waals surface area contributed by atoms with Crippen molar-refractivity contribution in [3.8, 4) is 6.07 Å². The highest BCUT2D eigenvalue weighted by Gasteiger charge is 2.02. The summed E-state index contributed by atoms with van der Waals surface area (Å²) in [6.07, 6.45) is 0. The Morgan fingerprint density at radius 3 is 2.76 bits per heavy atom.